The Kier molecular flexibility index (Phi) is 7.17. The highest BCUT2D eigenvalue weighted by Crippen LogP contribution is 2.14. The predicted octanol–water partition coefficient (Wildman–Crippen LogP) is 0.133. The molecule has 0 saturated carbocycles. The van der Waals surface area contributed by atoms with E-state index in [0.717, 1.165) is 12.1 Å². The van der Waals surface area contributed by atoms with Crippen LogP contribution in [0.1, 0.15) is 11.1 Å². The average Bonchev–Trinajstić information content (AvgIpc) is 2.61. The van der Waals surface area contributed by atoms with Gasteiger partial charge in [0.15, 0.2) is 18.9 Å². The number of hydrogen-bond donors (Lipinski definition) is 0. The number of halogens is 3. The summed E-state index contributed by atoms with van der Waals surface area (Å²) in [5.74, 6) is 0. The maximum absolute atomic E-state index is 11.9. The van der Waals surface area contributed by atoms with Gasteiger partial charge in [-0.05, 0) is 12.0 Å². The van der Waals surface area contributed by atoms with E-state index in [1.54, 1.807) is 0 Å². The van der Waals surface area contributed by atoms with Gasteiger partial charge in [0.05, 0.1) is 11.2 Å². The summed E-state index contributed by atoms with van der Waals surface area (Å²) in [6.45, 7) is 1.29. The molecule has 3 rings (SSSR count). The predicted molar refractivity (Wildman–Crippen MR) is 94.4 cm³/mol. The maximum Gasteiger partial charge on any atom is 0.287 e. The van der Waals surface area contributed by atoms with E-state index in [0.29, 0.717) is 13.0 Å². The molecule has 0 spiro atoms. The third kappa shape index (κ3) is 5.14. The minimum atomic E-state index is -0.362. The van der Waals surface area contributed by atoms with Crippen molar-refractivity contribution < 1.29 is 21.5 Å². The molecule has 0 radical (unpaired) electrons. The molecule has 7 heteroatoms. The van der Waals surface area contributed by atoms with Crippen molar-refractivity contribution in [3.05, 3.63) is 92.6 Å². The summed E-state index contributed by atoms with van der Waals surface area (Å²) in [6.07, 6.45) is 6.15. The molecular formula is C18H16BrCl2N3O. The lowest BCUT2D eigenvalue weighted by atomic mass is 10.2. The van der Waals surface area contributed by atoms with Crippen LogP contribution in [-0.4, -0.2) is 9.78 Å². The third-order valence-electron chi connectivity index (χ3n) is 3.72. The largest absolute Gasteiger partial charge is 1.00 e. The second kappa shape index (κ2) is 9.13. The molecule has 0 unspecified atom stereocenters. The van der Waals surface area contributed by atoms with E-state index in [4.69, 9.17) is 23.2 Å². The minimum Gasteiger partial charge on any atom is -1.00 e. The number of aryl methyl sites for hydroxylation is 2. The van der Waals surface area contributed by atoms with Gasteiger partial charge in [0.1, 0.15) is 5.02 Å². The standard InChI is InChI=1S/C18H16Cl2N3O.BrH/c19-16-12-21-23(18(24)17(16)20)11-8-14-6-9-22(10-7-14)13-15-4-2-1-3-5-15;/h1-7,9-10,12H,8,11,13H2;1H/q+1;/p-1. The molecule has 3 aromatic rings. The van der Waals surface area contributed by atoms with Crippen molar-refractivity contribution in [2.75, 3.05) is 0 Å². The normalized spacial score (nSPS) is 10.3. The molecule has 0 aliphatic rings. The fraction of sp³-hybridized carbons (Fsp3) is 0.167. The van der Waals surface area contributed by atoms with E-state index in [2.05, 4.69) is 21.8 Å². The first-order valence-electron chi connectivity index (χ1n) is 7.56. The molecule has 4 nitrogen and oxygen atoms in total. The Morgan fingerprint density at radius 1 is 1.00 bits per heavy atom. The van der Waals surface area contributed by atoms with Crippen LogP contribution in [0.25, 0.3) is 0 Å². The van der Waals surface area contributed by atoms with Gasteiger partial charge in [0.2, 0.25) is 0 Å². The van der Waals surface area contributed by atoms with Crippen LogP contribution in [0.2, 0.25) is 10.0 Å². The van der Waals surface area contributed by atoms with Crippen LogP contribution in [0.3, 0.4) is 0 Å². The molecule has 0 atom stereocenters. The first-order valence-corrected chi connectivity index (χ1v) is 8.32. The number of hydrogen-bond acceptors (Lipinski definition) is 2. The van der Waals surface area contributed by atoms with Crippen molar-refractivity contribution in [1.82, 2.24) is 9.78 Å². The van der Waals surface area contributed by atoms with Gasteiger partial charge in [0, 0.05) is 24.2 Å². The zero-order valence-electron chi connectivity index (χ0n) is 13.3. The van der Waals surface area contributed by atoms with Gasteiger partial charge in [-0.1, -0.05) is 53.5 Å². The van der Waals surface area contributed by atoms with Gasteiger partial charge in [-0.3, -0.25) is 4.79 Å². The Morgan fingerprint density at radius 3 is 2.36 bits per heavy atom. The molecule has 130 valence electrons. The Labute approximate surface area is 166 Å². The van der Waals surface area contributed by atoms with Crippen molar-refractivity contribution in [3.63, 3.8) is 0 Å². The average molecular weight is 441 g/mol. The number of benzene rings is 1. The highest BCUT2D eigenvalue weighted by Gasteiger charge is 2.08. The van der Waals surface area contributed by atoms with E-state index in [1.165, 1.54) is 16.4 Å². The summed E-state index contributed by atoms with van der Waals surface area (Å²) < 4.78 is 3.45. The molecule has 0 amide bonds. The SMILES string of the molecule is O=c1c(Cl)c(Cl)cnn1CCc1cc[n+](Cc2ccccc2)cc1.[Br-]. The minimum absolute atomic E-state index is 0. The van der Waals surface area contributed by atoms with Gasteiger partial charge in [0.25, 0.3) is 5.56 Å². The van der Waals surface area contributed by atoms with E-state index in [9.17, 15) is 4.79 Å². The van der Waals surface area contributed by atoms with Crippen LogP contribution in [0.15, 0.2) is 65.8 Å². The van der Waals surface area contributed by atoms with Crippen molar-refractivity contribution >= 4 is 23.2 Å². The van der Waals surface area contributed by atoms with Gasteiger partial charge in [-0.25, -0.2) is 9.25 Å². The first kappa shape index (κ1) is 19.6. The van der Waals surface area contributed by atoms with Crippen molar-refractivity contribution in [2.45, 2.75) is 19.5 Å². The molecule has 0 fully saturated rings. The van der Waals surface area contributed by atoms with Crippen molar-refractivity contribution in [3.8, 4) is 0 Å². The summed E-state index contributed by atoms with van der Waals surface area (Å²) >= 11 is 11.6. The third-order valence-corrected chi connectivity index (χ3v) is 4.47. The van der Waals surface area contributed by atoms with E-state index in [1.807, 2.05) is 42.7 Å². The van der Waals surface area contributed by atoms with Crippen LogP contribution in [-0.2, 0) is 19.5 Å². The van der Waals surface area contributed by atoms with Gasteiger partial charge in [-0.15, -0.1) is 0 Å². The number of pyridine rings is 1. The van der Waals surface area contributed by atoms with Crippen molar-refractivity contribution in [2.24, 2.45) is 0 Å². The molecular weight excluding hydrogens is 425 g/mol. The van der Waals surface area contributed by atoms with Crippen LogP contribution >= 0.6 is 23.2 Å². The number of aromatic nitrogens is 3. The highest BCUT2D eigenvalue weighted by atomic mass is 79.9. The molecule has 1 aromatic carbocycles. The van der Waals surface area contributed by atoms with E-state index in [-0.39, 0.29) is 32.6 Å². The molecule has 2 aromatic heterocycles. The molecule has 0 aliphatic heterocycles. The molecule has 0 saturated heterocycles. The van der Waals surface area contributed by atoms with Gasteiger partial charge < -0.3 is 17.0 Å². The fourth-order valence-corrected chi connectivity index (χ4v) is 2.66. The topological polar surface area (TPSA) is 38.8 Å². The summed E-state index contributed by atoms with van der Waals surface area (Å²) in [5, 5.41) is 4.20. The molecule has 2 heterocycles. The number of rotatable bonds is 5. The Balaban J connectivity index is 0.00000225. The summed E-state index contributed by atoms with van der Waals surface area (Å²) in [5.41, 5.74) is 2.01. The summed E-state index contributed by atoms with van der Waals surface area (Å²) in [4.78, 5) is 11.9. The maximum atomic E-state index is 11.9. The zero-order chi connectivity index (χ0) is 16.9. The molecule has 25 heavy (non-hydrogen) atoms. The lowest BCUT2D eigenvalue weighted by Gasteiger charge is -2.05. The lowest BCUT2D eigenvalue weighted by Crippen LogP contribution is -3.00. The van der Waals surface area contributed by atoms with E-state index >= 15 is 0 Å². The molecule has 0 N–H and O–H groups in total. The fourth-order valence-electron chi connectivity index (χ4n) is 2.39. The number of nitrogens with zero attached hydrogens (tertiary/aromatic N) is 3. The van der Waals surface area contributed by atoms with Crippen LogP contribution in [0.5, 0.6) is 0 Å². The summed E-state index contributed by atoms with van der Waals surface area (Å²) in [6, 6.07) is 14.4. The van der Waals surface area contributed by atoms with Crippen LogP contribution < -0.4 is 27.1 Å². The van der Waals surface area contributed by atoms with Gasteiger partial charge in [-0.2, -0.15) is 5.10 Å². The Morgan fingerprint density at radius 2 is 1.68 bits per heavy atom. The summed E-state index contributed by atoms with van der Waals surface area (Å²) in [7, 11) is 0. The van der Waals surface area contributed by atoms with Gasteiger partial charge >= 0.3 is 0 Å². The Hall–Kier alpha value is -1.69. The van der Waals surface area contributed by atoms with Crippen molar-refractivity contribution in [1.29, 1.82) is 0 Å². The molecule has 0 aliphatic carbocycles. The van der Waals surface area contributed by atoms with E-state index < -0.39 is 0 Å². The lowest BCUT2D eigenvalue weighted by molar-refractivity contribution is -0.688. The second-order valence-corrected chi connectivity index (χ2v) is 6.23. The molecule has 0 bridgehead atoms. The zero-order valence-corrected chi connectivity index (χ0v) is 16.4. The Bertz CT molecular complexity index is 883. The van der Waals surface area contributed by atoms with Crippen LogP contribution in [0.4, 0.5) is 0 Å². The highest BCUT2D eigenvalue weighted by molar-refractivity contribution is 6.41. The second-order valence-electron chi connectivity index (χ2n) is 5.45. The smallest absolute Gasteiger partial charge is 0.287 e. The van der Waals surface area contributed by atoms with Crippen LogP contribution in [0, 0.1) is 0 Å². The first-order chi connectivity index (χ1) is 11.6. The monoisotopic (exact) mass is 439 g/mol. The quantitative estimate of drug-likeness (QED) is 0.529.